The summed E-state index contributed by atoms with van der Waals surface area (Å²) in [6.45, 7) is 5.29. The van der Waals surface area contributed by atoms with Crippen LogP contribution in [0.2, 0.25) is 0 Å². The molecule has 1 saturated heterocycles. The quantitative estimate of drug-likeness (QED) is 0.784. The van der Waals surface area contributed by atoms with E-state index in [0.29, 0.717) is 49.7 Å². The van der Waals surface area contributed by atoms with Crippen LogP contribution in [0.3, 0.4) is 0 Å². The molecule has 2 aliphatic rings. The molecule has 0 saturated carbocycles. The van der Waals surface area contributed by atoms with Crippen LogP contribution in [0.1, 0.15) is 47.7 Å². The van der Waals surface area contributed by atoms with E-state index in [9.17, 15) is 9.59 Å². The van der Waals surface area contributed by atoms with Crippen LogP contribution in [0.4, 0.5) is 5.82 Å². The monoisotopic (exact) mass is 393 g/mol. The maximum absolute atomic E-state index is 12.4. The van der Waals surface area contributed by atoms with E-state index >= 15 is 0 Å². The number of benzene rings is 1. The van der Waals surface area contributed by atoms with Gasteiger partial charge >= 0.3 is 0 Å². The number of aryl methyl sites for hydroxylation is 2. The van der Waals surface area contributed by atoms with Gasteiger partial charge < -0.3 is 15.5 Å². The summed E-state index contributed by atoms with van der Waals surface area (Å²) in [5, 5.41) is 6.32. The molecule has 0 aliphatic carbocycles. The van der Waals surface area contributed by atoms with E-state index in [1.165, 1.54) is 5.56 Å². The predicted octanol–water partition coefficient (Wildman–Crippen LogP) is 1.97. The van der Waals surface area contributed by atoms with Crippen LogP contribution in [0.25, 0.3) is 0 Å². The molecule has 4 rings (SSSR count). The lowest BCUT2D eigenvalue weighted by Crippen LogP contribution is -2.36. The highest BCUT2D eigenvalue weighted by Gasteiger charge is 2.33. The first kappa shape index (κ1) is 19.4. The molecular weight excluding hydrogens is 366 g/mol. The van der Waals surface area contributed by atoms with Gasteiger partial charge in [0.05, 0.1) is 6.04 Å². The summed E-state index contributed by atoms with van der Waals surface area (Å²) in [5.74, 6) is 1.36. The first-order chi connectivity index (χ1) is 14.0. The first-order valence-electron chi connectivity index (χ1n) is 10.3. The van der Waals surface area contributed by atoms with Gasteiger partial charge in [-0.1, -0.05) is 30.3 Å². The number of amides is 2. The maximum Gasteiger partial charge on any atom is 0.270 e. The number of anilines is 1. The molecule has 2 aliphatic heterocycles. The molecule has 7 nitrogen and oxygen atoms in total. The molecular formula is C22H27N5O2. The molecule has 0 radical (unpaired) electrons. The zero-order valence-electron chi connectivity index (χ0n) is 16.9. The summed E-state index contributed by atoms with van der Waals surface area (Å²) >= 11 is 0. The van der Waals surface area contributed by atoms with E-state index in [1.54, 1.807) is 0 Å². The van der Waals surface area contributed by atoms with Crippen molar-refractivity contribution in [3.63, 3.8) is 0 Å². The Labute approximate surface area is 170 Å². The zero-order chi connectivity index (χ0) is 20.4. The number of carbonyl (C=O) groups is 2. The van der Waals surface area contributed by atoms with Crippen LogP contribution >= 0.6 is 0 Å². The first-order valence-corrected chi connectivity index (χ1v) is 10.3. The van der Waals surface area contributed by atoms with Crippen molar-refractivity contribution >= 4 is 17.6 Å². The molecule has 0 spiro atoms. The Hall–Kier alpha value is -2.96. The van der Waals surface area contributed by atoms with Crippen molar-refractivity contribution in [2.24, 2.45) is 0 Å². The molecule has 2 N–H and O–H groups in total. The van der Waals surface area contributed by atoms with Gasteiger partial charge in [0, 0.05) is 37.5 Å². The van der Waals surface area contributed by atoms with Gasteiger partial charge in [0.2, 0.25) is 5.91 Å². The molecule has 1 aromatic heterocycles. The van der Waals surface area contributed by atoms with Gasteiger partial charge in [0.25, 0.3) is 5.91 Å². The zero-order valence-corrected chi connectivity index (χ0v) is 16.9. The van der Waals surface area contributed by atoms with E-state index < -0.39 is 0 Å². The summed E-state index contributed by atoms with van der Waals surface area (Å²) in [7, 11) is 0. The molecule has 29 heavy (non-hydrogen) atoms. The van der Waals surface area contributed by atoms with Gasteiger partial charge in [-0.25, -0.2) is 9.97 Å². The minimum atomic E-state index is -0.149. The van der Waals surface area contributed by atoms with Gasteiger partial charge in [-0.05, 0) is 32.3 Å². The van der Waals surface area contributed by atoms with Crippen molar-refractivity contribution < 1.29 is 9.59 Å². The van der Waals surface area contributed by atoms with Crippen molar-refractivity contribution in [3.05, 3.63) is 53.0 Å². The largest absolute Gasteiger partial charge is 0.365 e. The number of carbonyl (C=O) groups excluding carboxylic acids is 2. The Bertz CT molecular complexity index is 913. The van der Waals surface area contributed by atoms with Crippen LogP contribution in [0.5, 0.6) is 0 Å². The Balaban J connectivity index is 1.57. The molecule has 1 aromatic carbocycles. The normalized spacial score (nSPS) is 18.7. The van der Waals surface area contributed by atoms with Crippen LogP contribution in [0.15, 0.2) is 30.3 Å². The lowest BCUT2D eigenvalue weighted by atomic mass is 10.0. The van der Waals surface area contributed by atoms with Crippen molar-refractivity contribution in [2.75, 3.05) is 18.4 Å². The lowest BCUT2D eigenvalue weighted by Gasteiger charge is -2.23. The van der Waals surface area contributed by atoms with Gasteiger partial charge in [0.15, 0.2) is 0 Å². The topological polar surface area (TPSA) is 87.2 Å². The number of rotatable bonds is 6. The Morgan fingerprint density at radius 1 is 1.17 bits per heavy atom. The second kappa shape index (κ2) is 8.19. The molecule has 0 bridgehead atoms. The van der Waals surface area contributed by atoms with Gasteiger partial charge in [-0.15, -0.1) is 0 Å². The van der Waals surface area contributed by atoms with Crippen LogP contribution in [-0.2, 0) is 24.1 Å². The fourth-order valence-corrected chi connectivity index (χ4v) is 3.99. The van der Waals surface area contributed by atoms with Crippen molar-refractivity contribution in [3.8, 4) is 0 Å². The average Bonchev–Trinajstić information content (AvgIpc) is 3.08. The van der Waals surface area contributed by atoms with Gasteiger partial charge in [-0.2, -0.15) is 0 Å². The number of hydrogen-bond acceptors (Lipinski definition) is 5. The third kappa shape index (κ3) is 4.23. The standard InChI is InChI=1S/C22H27N5O2/c1-14(2)27-13-16(12-19(27)28)24-21-17-10-11-23-22(29)20(17)25-18(26-21)9-8-15-6-4-3-5-7-15/h3-7,14,16H,8-13H2,1-2H3,(H,23,29)(H,24,25,26). The second-order valence-corrected chi connectivity index (χ2v) is 7.99. The number of likely N-dealkylation sites (tertiary alicyclic amines) is 1. The Morgan fingerprint density at radius 2 is 1.97 bits per heavy atom. The number of fused-ring (bicyclic) bond motifs is 1. The minimum absolute atomic E-state index is 0.00383. The van der Waals surface area contributed by atoms with E-state index in [4.69, 9.17) is 4.98 Å². The summed E-state index contributed by atoms with van der Waals surface area (Å²) in [5.41, 5.74) is 2.52. The molecule has 1 unspecified atom stereocenters. The average molecular weight is 393 g/mol. The number of aromatic nitrogens is 2. The van der Waals surface area contributed by atoms with E-state index in [0.717, 1.165) is 12.0 Å². The number of hydrogen-bond donors (Lipinski definition) is 2. The fourth-order valence-electron chi connectivity index (χ4n) is 3.99. The van der Waals surface area contributed by atoms with E-state index in [1.807, 2.05) is 36.9 Å². The summed E-state index contributed by atoms with van der Waals surface area (Å²) in [4.78, 5) is 35.9. The molecule has 3 heterocycles. The highest BCUT2D eigenvalue weighted by atomic mass is 16.2. The third-order valence-electron chi connectivity index (χ3n) is 5.53. The Morgan fingerprint density at radius 3 is 2.69 bits per heavy atom. The molecule has 7 heteroatoms. The summed E-state index contributed by atoms with van der Waals surface area (Å²) < 4.78 is 0. The molecule has 1 fully saturated rings. The predicted molar refractivity (Wildman–Crippen MR) is 111 cm³/mol. The second-order valence-electron chi connectivity index (χ2n) is 7.99. The fraction of sp³-hybridized carbons (Fsp3) is 0.455. The van der Waals surface area contributed by atoms with Crippen molar-refractivity contribution in [1.29, 1.82) is 0 Å². The van der Waals surface area contributed by atoms with E-state index in [-0.39, 0.29) is 23.9 Å². The molecule has 1 atom stereocenters. The number of nitrogens with one attached hydrogen (secondary N) is 2. The van der Waals surface area contributed by atoms with Crippen molar-refractivity contribution in [1.82, 2.24) is 20.2 Å². The summed E-state index contributed by atoms with van der Waals surface area (Å²) in [6.07, 6.45) is 2.60. The minimum Gasteiger partial charge on any atom is -0.365 e. The van der Waals surface area contributed by atoms with Crippen molar-refractivity contribution in [2.45, 2.75) is 51.6 Å². The lowest BCUT2D eigenvalue weighted by molar-refractivity contribution is -0.129. The number of nitrogens with zero attached hydrogens (tertiary/aromatic N) is 3. The van der Waals surface area contributed by atoms with Crippen LogP contribution < -0.4 is 10.6 Å². The smallest absolute Gasteiger partial charge is 0.270 e. The van der Waals surface area contributed by atoms with Gasteiger partial charge in [-0.3, -0.25) is 9.59 Å². The highest BCUT2D eigenvalue weighted by Crippen LogP contribution is 2.24. The van der Waals surface area contributed by atoms with Crippen LogP contribution in [-0.4, -0.2) is 51.9 Å². The SMILES string of the molecule is CC(C)N1CC(Nc2nc(CCc3ccccc3)nc3c2CCNC3=O)CC1=O. The third-order valence-corrected chi connectivity index (χ3v) is 5.53. The highest BCUT2D eigenvalue weighted by molar-refractivity contribution is 5.96. The molecule has 2 aromatic rings. The Kier molecular flexibility index (Phi) is 5.47. The van der Waals surface area contributed by atoms with E-state index in [2.05, 4.69) is 27.8 Å². The van der Waals surface area contributed by atoms with Crippen LogP contribution in [0, 0.1) is 0 Å². The molecule has 2 amide bonds. The maximum atomic E-state index is 12.4. The van der Waals surface area contributed by atoms with Gasteiger partial charge in [0.1, 0.15) is 17.3 Å². The molecule has 152 valence electrons. The summed E-state index contributed by atoms with van der Waals surface area (Å²) in [6, 6.07) is 10.4.